The topological polar surface area (TPSA) is 22.4 Å². The van der Waals surface area contributed by atoms with Gasteiger partial charge >= 0.3 is 6.55 Å². The van der Waals surface area contributed by atoms with Gasteiger partial charge in [0.05, 0.1) is 4.90 Å². The van der Waals surface area contributed by atoms with E-state index < -0.39 is 6.55 Å². The standard InChI is InChI=1S/C12H6O2PS3/c16-15-12-8(5-6-10-11(12)14-18-17-10)7-3-1-2-4-9(7)13-15/h1-6H/q+1. The molecule has 0 radical (unpaired) electrons. The largest absolute Gasteiger partial charge is 0.431 e. The van der Waals surface area contributed by atoms with Crippen molar-refractivity contribution in [1.82, 2.24) is 0 Å². The highest BCUT2D eigenvalue weighted by Gasteiger charge is 2.26. The van der Waals surface area contributed by atoms with Crippen LogP contribution in [0.4, 0.5) is 0 Å². The van der Waals surface area contributed by atoms with Gasteiger partial charge in [-0.3, -0.25) is 4.20 Å². The lowest BCUT2D eigenvalue weighted by Gasteiger charge is -1.99. The summed E-state index contributed by atoms with van der Waals surface area (Å²) in [4.78, 5) is 1.14. The molecule has 2 aromatic carbocycles. The van der Waals surface area contributed by atoms with Crippen LogP contribution in [0.5, 0.6) is 5.75 Å². The normalized spacial score (nSPS) is 14.8. The highest BCUT2D eigenvalue weighted by atomic mass is 33.1. The summed E-state index contributed by atoms with van der Waals surface area (Å²) in [5, 5.41) is 3.30. The van der Waals surface area contributed by atoms with Crippen molar-refractivity contribution in [2.75, 3.05) is 0 Å². The third kappa shape index (κ3) is 1.51. The van der Waals surface area contributed by atoms with E-state index in [1.165, 1.54) is 11.1 Å². The van der Waals surface area contributed by atoms with E-state index in [0.717, 1.165) is 32.1 Å². The quantitative estimate of drug-likeness (QED) is 0.282. The van der Waals surface area contributed by atoms with Crippen LogP contribution >= 0.6 is 40.2 Å². The second-order valence-electron chi connectivity index (χ2n) is 3.87. The Kier molecular flexibility index (Phi) is 2.55. The first-order valence-corrected chi connectivity index (χ1v) is 9.62. The van der Waals surface area contributed by atoms with Crippen molar-refractivity contribution >= 4 is 61.7 Å². The van der Waals surface area contributed by atoms with E-state index in [9.17, 15) is 0 Å². The third-order valence-electron chi connectivity index (χ3n) is 2.88. The Bertz CT molecular complexity index is 844. The van der Waals surface area contributed by atoms with Gasteiger partial charge in [0.25, 0.3) is 5.12 Å². The summed E-state index contributed by atoms with van der Waals surface area (Å²) >= 11 is 6.89. The average molecular weight is 309 g/mol. The highest BCUT2D eigenvalue weighted by molar-refractivity contribution is 8.75. The molecule has 88 valence electrons. The molecule has 0 N–H and O–H groups in total. The molecule has 2 heterocycles. The maximum Gasteiger partial charge on any atom is 0.431 e. The van der Waals surface area contributed by atoms with Gasteiger partial charge in [-0.1, -0.05) is 18.2 Å². The number of para-hydroxylation sites is 1. The predicted octanol–water partition coefficient (Wildman–Crippen LogP) is 6.14. The number of hydrogen-bond acceptors (Lipinski definition) is 5. The average Bonchev–Trinajstić information content (AvgIpc) is 2.86. The van der Waals surface area contributed by atoms with Gasteiger partial charge in [0.2, 0.25) is 17.6 Å². The molecule has 0 saturated heterocycles. The van der Waals surface area contributed by atoms with E-state index >= 15 is 0 Å². The molecule has 1 unspecified atom stereocenters. The van der Waals surface area contributed by atoms with Crippen LogP contribution in [0.3, 0.4) is 0 Å². The molecule has 0 saturated carbocycles. The Morgan fingerprint density at radius 1 is 1.06 bits per heavy atom. The lowest BCUT2D eigenvalue weighted by Crippen LogP contribution is -1.79. The Morgan fingerprint density at radius 2 is 1.94 bits per heavy atom. The number of fused-ring (bicyclic) bond motifs is 5. The fraction of sp³-hybridized carbons (Fsp3) is 0. The van der Waals surface area contributed by atoms with Gasteiger partial charge in [-0.05, 0) is 29.0 Å². The van der Waals surface area contributed by atoms with E-state index in [4.69, 9.17) is 20.2 Å². The number of benzene rings is 2. The van der Waals surface area contributed by atoms with Gasteiger partial charge in [0, 0.05) is 10.8 Å². The minimum absolute atomic E-state index is 0.879. The summed E-state index contributed by atoms with van der Waals surface area (Å²) in [6.45, 7) is -1.07. The molecule has 0 bridgehead atoms. The first kappa shape index (κ1) is 11.1. The molecule has 3 aromatic rings. The van der Waals surface area contributed by atoms with Crippen LogP contribution in [0.1, 0.15) is 0 Å². The zero-order valence-corrected chi connectivity index (χ0v) is 12.3. The summed E-state index contributed by atoms with van der Waals surface area (Å²) < 4.78 is 11.5. The van der Waals surface area contributed by atoms with Crippen molar-refractivity contribution in [3.05, 3.63) is 36.4 Å². The molecule has 1 aliphatic rings. The van der Waals surface area contributed by atoms with Gasteiger partial charge in [0.15, 0.2) is 5.58 Å². The maximum atomic E-state index is 5.86. The molecular formula is C12H6O2PS3+. The Morgan fingerprint density at radius 3 is 2.89 bits per heavy atom. The summed E-state index contributed by atoms with van der Waals surface area (Å²) in [7, 11) is 1.63. The lowest BCUT2D eigenvalue weighted by molar-refractivity contribution is 0.654. The van der Waals surface area contributed by atoms with Crippen molar-refractivity contribution in [3.63, 3.8) is 0 Å². The zero-order chi connectivity index (χ0) is 12.1. The van der Waals surface area contributed by atoms with Crippen LogP contribution in [-0.4, -0.2) is 0 Å². The third-order valence-corrected chi connectivity index (χ3v) is 6.57. The van der Waals surface area contributed by atoms with Crippen LogP contribution < -0.4 is 4.18 Å². The van der Waals surface area contributed by atoms with Crippen molar-refractivity contribution in [1.29, 1.82) is 0 Å². The smallest absolute Gasteiger partial charge is 0.408 e. The van der Waals surface area contributed by atoms with E-state index in [2.05, 4.69) is 18.2 Å². The molecular weight excluding hydrogens is 303 g/mol. The Labute approximate surface area is 117 Å². The molecule has 1 atom stereocenters. The molecule has 1 aliphatic heterocycles. The van der Waals surface area contributed by atoms with Gasteiger partial charge in [0.1, 0.15) is 11.1 Å². The Balaban J connectivity index is 2.30. The minimum Gasteiger partial charge on any atom is -0.408 e. The predicted molar refractivity (Wildman–Crippen MR) is 82.3 cm³/mol. The fourth-order valence-corrected chi connectivity index (χ4v) is 5.83. The summed E-state index contributed by atoms with van der Waals surface area (Å²) in [6, 6.07) is 12.2. The molecule has 0 fully saturated rings. The van der Waals surface area contributed by atoms with E-state index in [1.807, 2.05) is 18.2 Å². The highest BCUT2D eigenvalue weighted by Crippen LogP contribution is 2.54. The molecule has 6 heteroatoms. The fourth-order valence-electron chi connectivity index (χ4n) is 2.09. The van der Waals surface area contributed by atoms with Crippen molar-refractivity contribution in [2.45, 2.75) is 4.90 Å². The second-order valence-corrected chi connectivity index (χ2v) is 7.82. The monoisotopic (exact) mass is 309 g/mol. The SMILES string of the molecule is S=[p+]1oc2ccccc2c2ccc3c(c21)OSS3. The van der Waals surface area contributed by atoms with Gasteiger partial charge in [-0.2, -0.15) is 0 Å². The van der Waals surface area contributed by atoms with Crippen LogP contribution in [-0.2, 0) is 0 Å². The zero-order valence-electron chi connectivity index (χ0n) is 8.95. The van der Waals surface area contributed by atoms with Crippen LogP contribution in [0.25, 0.3) is 21.5 Å². The number of hydrogen-bond donors (Lipinski definition) is 0. The molecule has 18 heavy (non-hydrogen) atoms. The first-order chi connectivity index (χ1) is 8.84. The summed E-state index contributed by atoms with van der Waals surface area (Å²) in [5.74, 6) is 0.901. The maximum absolute atomic E-state index is 5.86. The van der Waals surface area contributed by atoms with E-state index in [-0.39, 0.29) is 0 Å². The molecule has 4 rings (SSSR count). The molecule has 2 nitrogen and oxygen atoms in total. The van der Waals surface area contributed by atoms with Crippen LogP contribution in [0.15, 0.2) is 45.5 Å². The second kappa shape index (κ2) is 4.14. The molecule has 1 aromatic heterocycles. The summed E-state index contributed by atoms with van der Waals surface area (Å²) in [5.41, 5.74) is 0.879. The molecule has 0 aliphatic carbocycles. The molecule has 0 amide bonds. The first-order valence-electron chi connectivity index (χ1n) is 5.27. The van der Waals surface area contributed by atoms with Gasteiger partial charge < -0.3 is 4.18 Å². The van der Waals surface area contributed by atoms with Crippen molar-refractivity contribution < 1.29 is 8.38 Å². The van der Waals surface area contributed by atoms with Gasteiger partial charge in [-0.25, -0.2) is 0 Å². The Hall–Kier alpha value is -0.740. The van der Waals surface area contributed by atoms with Crippen LogP contribution in [0, 0.1) is 0 Å². The van der Waals surface area contributed by atoms with Crippen molar-refractivity contribution in [2.24, 2.45) is 0 Å². The van der Waals surface area contributed by atoms with Crippen LogP contribution in [0.2, 0.25) is 0 Å². The number of rotatable bonds is 0. The molecule has 0 spiro atoms. The van der Waals surface area contributed by atoms with E-state index in [1.54, 1.807) is 10.8 Å². The summed E-state index contributed by atoms with van der Waals surface area (Å²) in [6.07, 6.45) is 0. The van der Waals surface area contributed by atoms with E-state index in [0.29, 0.717) is 0 Å². The minimum atomic E-state index is -1.07. The van der Waals surface area contributed by atoms with Gasteiger partial charge in [-0.15, -0.1) is 0 Å². The lowest BCUT2D eigenvalue weighted by atomic mass is 10.1. The van der Waals surface area contributed by atoms with Crippen molar-refractivity contribution in [3.8, 4) is 5.75 Å².